The van der Waals surface area contributed by atoms with E-state index in [1.807, 2.05) is 18.2 Å². The Kier molecular flexibility index (Phi) is 5.82. The fourth-order valence-electron chi connectivity index (χ4n) is 2.87. The highest BCUT2D eigenvalue weighted by molar-refractivity contribution is 6.32. The highest BCUT2D eigenvalue weighted by atomic mass is 35.5. The average molecular weight is 360 g/mol. The maximum absolute atomic E-state index is 12.0. The third-order valence-corrected chi connectivity index (χ3v) is 4.40. The Labute approximate surface area is 153 Å². The number of ether oxygens (including phenoxy) is 2. The molecular weight excluding hydrogens is 338 g/mol. The fourth-order valence-corrected chi connectivity index (χ4v) is 3.16. The summed E-state index contributed by atoms with van der Waals surface area (Å²) in [6.45, 7) is 3.68. The summed E-state index contributed by atoms with van der Waals surface area (Å²) in [5, 5.41) is 3.52. The van der Waals surface area contributed by atoms with Crippen LogP contribution in [0.1, 0.15) is 23.1 Å². The van der Waals surface area contributed by atoms with E-state index in [0.29, 0.717) is 49.1 Å². The Morgan fingerprint density at radius 3 is 2.80 bits per heavy atom. The van der Waals surface area contributed by atoms with Gasteiger partial charge in [-0.15, -0.1) is 0 Å². The quantitative estimate of drug-likeness (QED) is 0.855. The van der Waals surface area contributed by atoms with Crippen LogP contribution in [0.25, 0.3) is 0 Å². The van der Waals surface area contributed by atoms with Crippen LogP contribution in [0.2, 0.25) is 5.02 Å². The first kappa shape index (κ1) is 17.6. The highest BCUT2D eigenvalue weighted by Crippen LogP contribution is 2.38. The van der Waals surface area contributed by atoms with Gasteiger partial charge in [-0.3, -0.25) is 4.79 Å². The molecule has 4 nitrogen and oxygen atoms in total. The number of aryl methyl sites for hydroxylation is 2. The molecule has 0 radical (unpaired) electrons. The normalized spacial score (nSPS) is 12.7. The van der Waals surface area contributed by atoms with Crippen molar-refractivity contribution in [3.05, 3.63) is 58.1 Å². The second kappa shape index (κ2) is 8.26. The third kappa shape index (κ3) is 4.89. The lowest BCUT2D eigenvalue weighted by Crippen LogP contribution is -2.26. The van der Waals surface area contributed by atoms with Gasteiger partial charge in [0.25, 0.3) is 0 Å². The van der Waals surface area contributed by atoms with E-state index in [1.165, 1.54) is 11.1 Å². The molecule has 0 bridgehead atoms. The van der Waals surface area contributed by atoms with Gasteiger partial charge in [0.2, 0.25) is 5.91 Å². The summed E-state index contributed by atoms with van der Waals surface area (Å²) in [5.41, 5.74) is 3.43. The molecule has 2 aromatic carbocycles. The number of amides is 1. The van der Waals surface area contributed by atoms with Gasteiger partial charge in [0.1, 0.15) is 13.2 Å². The first-order chi connectivity index (χ1) is 12.1. The Bertz CT molecular complexity index is 761. The van der Waals surface area contributed by atoms with Crippen LogP contribution < -0.4 is 14.8 Å². The number of halogens is 1. The largest absolute Gasteiger partial charge is 0.486 e. The molecule has 1 amide bonds. The van der Waals surface area contributed by atoms with Crippen LogP contribution in [0.15, 0.2) is 36.4 Å². The molecule has 5 heteroatoms. The number of rotatable bonds is 6. The lowest BCUT2D eigenvalue weighted by atomic mass is 10.1. The number of benzene rings is 2. The number of hydrogen-bond donors (Lipinski definition) is 1. The summed E-state index contributed by atoms with van der Waals surface area (Å²) >= 11 is 6.23. The SMILES string of the molecule is Cc1cccc(CCC(=O)NCCc2cc(Cl)c3c(c2)OCCO3)c1. The Morgan fingerprint density at radius 2 is 1.96 bits per heavy atom. The summed E-state index contributed by atoms with van der Waals surface area (Å²) in [6.07, 6.45) is 1.95. The van der Waals surface area contributed by atoms with Crippen molar-refractivity contribution in [1.29, 1.82) is 0 Å². The second-order valence-electron chi connectivity index (χ2n) is 6.19. The number of carbonyl (C=O) groups is 1. The molecule has 3 rings (SSSR count). The minimum absolute atomic E-state index is 0.0603. The van der Waals surface area contributed by atoms with Crippen LogP contribution in [-0.4, -0.2) is 25.7 Å². The molecule has 2 aromatic rings. The Balaban J connectivity index is 1.46. The molecule has 25 heavy (non-hydrogen) atoms. The van der Waals surface area contributed by atoms with Crippen molar-refractivity contribution >= 4 is 17.5 Å². The molecule has 132 valence electrons. The van der Waals surface area contributed by atoms with Crippen LogP contribution in [0, 0.1) is 6.92 Å². The zero-order valence-electron chi connectivity index (χ0n) is 14.3. The number of hydrogen-bond acceptors (Lipinski definition) is 3. The van der Waals surface area contributed by atoms with Crippen molar-refractivity contribution < 1.29 is 14.3 Å². The molecule has 0 saturated heterocycles. The van der Waals surface area contributed by atoms with Gasteiger partial charge in [-0.25, -0.2) is 0 Å². The summed E-state index contributed by atoms with van der Waals surface area (Å²) in [5.74, 6) is 1.35. The lowest BCUT2D eigenvalue weighted by Gasteiger charge is -2.20. The first-order valence-corrected chi connectivity index (χ1v) is 8.90. The van der Waals surface area contributed by atoms with E-state index in [-0.39, 0.29) is 5.91 Å². The van der Waals surface area contributed by atoms with E-state index in [4.69, 9.17) is 21.1 Å². The van der Waals surface area contributed by atoms with Crippen molar-refractivity contribution in [2.75, 3.05) is 19.8 Å². The van der Waals surface area contributed by atoms with Crippen LogP contribution in [0.5, 0.6) is 11.5 Å². The maximum Gasteiger partial charge on any atom is 0.220 e. The topological polar surface area (TPSA) is 47.6 Å². The summed E-state index contributed by atoms with van der Waals surface area (Å²) < 4.78 is 11.1. The van der Waals surface area contributed by atoms with Gasteiger partial charge in [-0.1, -0.05) is 41.4 Å². The van der Waals surface area contributed by atoms with E-state index >= 15 is 0 Å². The van der Waals surface area contributed by atoms with Gasteiger partial charge in [0.05, 0.1) is 5.02 Å². The zero-order chi connectivity index (χ0) is 17.6. The van der Waals surface area contributed by atoms with Gasteiger partial charge >= 0.3 is 0 Å². The van der Waals surface area contributed by atoms with E-state index < -0.39 is 0 Å². The monoisotopic (exact) mass is 359 g/mol. The van der Waals surface area contributed by atoms with E-state index in [0.717, 1.165) is 12.0 Å². The molecule has 0 unspecified atom stereocenters. The lowest BCUT2D eigenvalue weighted by molar-refractivity contribution is -0.121. The molecule has 0 spiro atoms. The summed E-state index contributed by atoms with van der Waals surface area (Å²) in [6, 6.07) is 12.0. The molecule has 1 aliphatic rings. The van der Waals surface area contributed by atoms with Crippen LogP contribution in [0.4, 0.5) is 0 Å². The van der Waals surface area contributed by atoms with E-state index in [2.05, 4.69) is 30.4 Å². The van der Waals surface area contributed by atoms with Gasteiger partial charge in [0.15, 0.2) is 11.5 Å². The first-order valence-electron chi connectivity index (χ1n) is 8.52. The minimum Gasteiger partial charge on any atom is -0.486 e. The number of nitrogens with one attached hydrogen (secondary N) is 1. The van der Waals surface area contributed by atoms with Crippen LogP contribution in [-0.2, 0) is 17.6 Å². The van der Waals surface area contributed by atoms with E-state index in [9.17, 15) is 4.79 Å². The predicted octanol–water partition coefficient (Wildman–Crippen LogP) is 3.71. The van der Waals surface area contributed by atoms with Crippen molar-refractivity contribution in [2.24, 2.45) is 0 Å². The third-order valence-electron chi connectivity index (χ3n) is 4.12. The summed E-state index contributed by atoms with van der Waals surface area (Å²) in [7, 11) is 0. The molecule has 1 aliphatic heterocycles. The fraction of sp³-hybridized carbons (Fsp3) is 0.350. The molecule has 0 saturated carbocycles. The van der Waals surface area contributed by atoms with Crippen molar-refractivity contribution in [2.45, 2.75) is 26.2 Å². The second-order valence-corrected chi connectivity index (χ2v) is 6.60. The smallest absolute Gasteiger partial charge is 0.220 e. The summed E-state index contributed by atoms with van der Waals surface area (Å²) in [4.78, 5) is 12.0. The van der Waals surface area contributed by atoms with Gasteiger partial charge < -0.3 is 14.8 Å². The highest BCUT2D eigenvalue weighted by Gasteiger charge is 2.16. The van der Waals surface area contributed by atoms with Crippen LogP contribution in [0.3, 0.4) is 0 Å². The molecule has 0 aromatic heterocycles. The molecule has 1 N–H and O–H groups in total. The number of carbonyl (C=O) groups excluding carboxylic acids is 1. The Morgan fingerprint density at radius 1 is 1.12 bits per heavy atom. The van der Waals surface area contributed by atoms with Crippen molar-refractivity contribution in [3.63, 3.8) is 0 Å². The standard InChI is InChI=1S/C20H22ClNO3/c1-14-3-2-4-15(11-14)5-6-19(23)22-8-7-16-12-17(21)20-18(13-16)24-9-10-25-20/h2-4,11-13H,5-10H2,1H3,(H,22,23). The van der Waals surface area contributed by atoms with Gasteiger partial charge in [-0.05, 0) is 43.0 Å². The molecule has 0 atom stereocenters. The van der Waals surface area contributed by atoms with E-state index in [1.54, 1.807) is 0 Å². The zero-order valence-corrected chi connectivity index (χ0v) is 15.1. The molecule has 0 aliphatic carbocycles. The predicted molar refractivity (Wildman–Crippen MR) is 98.7 cm³/mol. The van der Waals surface area contributed by atoms with Crippen LogP contribution >= 0.6 is 11.6 Å². The number of fused-ring (bicyclic) bond motifs is 1. The molecule has 1 heterocycles. The van der Waals surface area contributed by atoms with Gasteiger partial charge in [-0.2, -0.15) is 0 Å². The molecule has 0 fully saturated rings. The van der Waals surface area contributed by atoms with Gasteiger partial charge in [0, 0.05) is 13.0 Å². The van der Waals surface area contributed by atoms with Crippen molar-refractivity contribution in [3.8, 4) is 11.5 Å². The van der Waals surface area contributed by atoms with Crippen molar-refractivity contribution in [1.82, 2.24) is 5.32 Å². The Hall–Kier alpha value is -2.20. The minimum atomic E-state index is 0.0603. The molecular formula is C20H22ClNO3. The average Bonchev–Trinajstić information content (AvgIpc) is 2.60. The maximum atomic E-state index is 12.0.